The molecule has 0 unspecified atom stereocenters. The number of anilines is 1. The highest BCUT2D eigenvalue weighted by atomic mass is 35.5. The third-order valence-corrected chi connectivity index (χ3v) is 6.28. The van der Waals surface area contributed by atoms with Gasteiger partial charge in [0.2, 0.25) is 0 Å². The van der Waals surface area contributed by atoms with Crippen molar-refractivity contribution in [1.29, 1.82) is 0 Å². The van der Waals surface area contributed by atoms with Crippen molar-refractivity contribution in [3.05, 3.63) is 89.4 Å². The molecule has 0 spiro atoms. The van der Waals surface area contributed by atoms with Crippen molar-refractivity contribution in [2.75, 3.05) is 10.8 Å². The van der Waals surface area contributed by atoms with Crippen molar-refractivity contribution < 1.29 is 22.7 Å². The molecule has 0 saturated heterocycles. The number of halogens is 1. The summed E-state index contributed by atoms with van der Waals surface area (Å²) >= 11 is 6.04. The molecule has 0 aliphatic heterocycles. The van der Waals surface area contributed by atoms with Crippen LogP contribution < -0.4 is 14.5 Å². The quantitative estimate of drug-likeness (QED) is 0.227. The summed E-state index contributed by atoms with van der Waals surface area (Å²) in [5.74, 6) is -0.701. The van der Waals surface area contributed by atoms with E-state index < -0.39 is 28.4 Å². The van der Waals surface area contributed by atoms with E-state index in [0.29, 0.717) is 16.3 Å². The number of esters is 1. The molecule has 0 saturated carbocycles. The number of rotatable bonds is 8. The van der Waals surface area contributed by atoms with E-state index in [2.05, 4.69) is 10.5 Å². The third-order valence-electron chi connectivity index (χ3n) is 4.26. The van der Waals surface area contributed by atoms with Crippen LogP contribution in [-0.2, 0) is 19.6 Å². The number of hydrazone groups is 1. The van der Waals surface area contributed by atoms with Gasteiger partial charge in [0.15, 0.2) is 0 Å². The number of sulfonamides is 1. The maximum atomic E-state index is 13.2. The summed E-state index contributed by atoms with van der Waals surface area (Å²) in [4.78, 5) is 23.5. The Bertz CT molecular complexity index is 1260. The number of carbonyl (C=O) groups excluding carboxylic acids is 2. The smallest absolute Gasteiger partial charge is 0.308 e. The van der Waals surface area contributed by atoms with Gasteiger partial charge in [-0.25, -0.2) is 13.8 Å². The molecule has 0 aliphatic rings. The Morgan fingerprint density at radius 1 is 1.03 bits per heavy atom. The zero-order chi connectivity index (χ0) is 23.8. The Morgan fingerprint density at radius 2 is 1.73 bits per heavy atom. The lowest BCUT2D eigenvalue weighted by Gasteiger charge is -2.23. The molecule has 0 aromatic heterocycles. The number of benzene rings is 3. The fourth-order valence-corrected chi connectivity index (χ4v) is 4.42. The second kappa shape index (κ2) is 10.8. The van der Waals surface area contributed by atoms with Crippen molar-refractivity contribution in [2.45, 2.75) is 11.8 Å². The fourth-order valence-electron chi connectivity index (χ4n) is 2.80. The first-order valence-corrected chi connectivity index (χ1v) is 11.5. The monoisotopic (exact) mass is 485 g/mol. The SMILES string of the molecule is CC(=O)Oc1ccc(/C=N\NC(=O)CN(c2cccc(Cl)c2)S(=O)(=O)c2ccccc2)cc1. The molecule has 3 aromatic rings. The van der Waals surface area contributed by atoms with Crippen LogP contribution in [0.5, 0.6) is 5.75 Å². The van der Waals surface area contributed by atoms with Gasteiger partial charge < -0.3 is 4.74 Å². The molecular weight excluding hydrogens is 466 g/mol. The molecule has 3 rings (SSSR count). The Labute approximate surface area is 196 Å². The van der Waals surface area contributed by atoms with Gasteiger partial charge in [0.05, 0.1) is 16.8 Å². The number of hydrogen-bond acceptors (Lipinski definition) is 6. The summed E-state index contributed by atoms with van der Waals surface area (Å²) in [6.07, 6.45) is 1.38. The molecule has 0 fully saturated rings. The molecule has 0 heterocycles. The standard InChI is InChI=1S/C23H20ClN3O5S/c1-17(28)32-21-12-10-18(11-13-21)15-25-26-23(29)16-27(20-7-5-6-19(24)14-20)33(30,31)22-8-3-2-4-9-22/h2-15H,16H2,1H3,(H,26,29)/b25-15-. The summed E-state index contributed by atoms with van der Waals surface area (Å²) in [6, 6.07) is 20.5. The Kier molecular flexibility index (Phi) is 7.81. The summed E-state index contributed by atoms with van der Waals surface area (Å²) < 4.78 is 32.3. The van der Waals surface area contributed by atoms with E-state index in [9.17, 15) is 18.0 Å². The van der Waals surface area contributed by atoms with E-state index in [4.69, 9.17) is 16.3 Å². The largest absolute Gasteiger partial charge is 0.427 e. The summed E-state index contributed by atoms with van der Waals surface area (Å²) in [7, 11) is -4.04. The van der Waals surface area contributed by atoms with Crippen LogP contribution in [0.3, 0.4) is 0 Å². The van der Waals surface area contributed by atoms with Crippen LogP contribution in [0.2, 0.25) is 5.02 Å². The van der Waals surface area contributed by atoms with Crippen molar-refractivity contribution in [1.82, 2.24) is 5.43 Å². The van der Waals surface area contributed by atoms with Crippen LogP contribution in [0.25, 0.3) is 0 Å². The van der Waals surface area contributed by atoms with Crippen molar-refractivity contribution >= 4 is 45.4 Å². The molecule has 0 aliphatic carbocycles. The van der Waals surface area contributed by atoms with Crippen LogP contribution in [-0.4, -0.2) is 33.1 Å². The van der Waals surface area contributed by atoms with E-state index in [1.54, 1.807) is 60.7 Å². The average Bonchev–Trinajstić information content (AvgIpc) is 2.79. The van der Waals surface area contributed by atoms with Crippen molar-refractivity contribution in [3.8, 4) is 5.75 Å². The molecule has 33 heavy (non-hydrogen) atoms. The van der Waals surface area contributed by atoms with Gasteiger partial charge in [-0.1, -0.05) is 35.9 Å². The van der Waals surface area contributed by atoms with Gasteiger partial charge >= 0.3 is 5.97 Å². The number of nitrogens with zero attached hydrogens (tertiary/aromatic N) is 2. The fraction of sp³-hybridized carbons (Fsp3) is 0.0870. The summed E-state index contributed by atoms with van der Waals surface area (Å²) in [5.41, 5.74) is 3.20. The second-order valence-electron chi connectivity index (χ2n) is 6.76. The Balaban J connectivity index is 1.75. The Hall–Kier alpha value is -3.69. The normalized spacial score (nSPS) is 11.2. The first-order valence-electron chi connectivity index (χ1n) is 9.69. The maximum Gasteiger partial charge on any atom is 0.308 e. The molecule has 3 aromatic carbocycles. The average molecular weight is 486 g/mol. The van der Waals surface area contributed by atoms with E-state index in [-0.39, 0.29) is 10.6 Å². The minimum Gasteiger partial charge on any atom is -0.427 e. The topological polar surface area (TPSA) is 105 Å². The van der Waals surface area contributed by atoms with Gasteiger partial charge in [-0.15, -0.1) is 0 Å². The van der Waals surface area contributed by atoms with Gasteiger partial charge in [-0.05, 0) is 60.2 Å². The molecule has 1 amide bonds. The molecule has 0 bridgehead atoms. The second-order valence-corrected chi connectivity index (χ2v) is 9.06. The molecule has 8 nitrogen and oxygen atoms in total. The third kappa shape index (κ3) is 6.64. The predicted molar refractivity (Wildman–Crippen MR) is 126 cm³/mol. The van der Waals surface area contributed by atoms with Crippen LogP contribution in [0.4, 0.5) is 5.69 Å². The minimum absolute atomic E-state index is 0.0362. The minimum atomic E-state index is -4.04. The summed E-state index contributed by atoms with van der Waals surface area (Å²) in [5, 5.41) is 4.20. The first kappa shape index (κ1) is 24.0. The van der Waals surface area contributed by atoms with Crippen molar-refractivity contribution in [2.24, 2.45) is 5.10 Å². The Morgan fingerprint density at radius 3 is 2.36 bits per heavy atom. The zero-order valence-corrected chi connectivity index (χ0v) is 19.1. The maximum absolute atomic E-state index is 13.2. The molecule has 0 atom stereocenters. The van der Waals surface area contributed by atoms with Crippen molar-refractivity contribution in [3.63, 3.8) is 0 Å². The van der Waals surface area contributed by atoms with E-state index >= 15 is 0 Å². The van der Waals surface area contributed by atoms with E-state index in [1.165, 1.54) is 31.3 Å². The highest BCUT2D eigenvalue weighted by molar-refractivity contribution is 7.92. The lowest BCUT2D eigenvalue weighted by atomic mass is 10.2. The van der Waals surface area contributed by atoms with Gasteiger partial charge in [-0.3, -0.25) is 13.9 Å². The number of nitrogens with one attached hydrogen (secondary N) is 1. The van der Waals surface area contributed by atoms with Gasteiger partial charge in [0.25, 0.3) is 15.9 Å². The highest BCUT2D eigenvalue weighted by Gasteiger charge is 2.27. The lowest BCUT2D eigenvalue weighted by molar-refractivity contribution is -0.131. The van der Waals surface area contributed by atoms with Gasteiger partial charge in [0, 0.05) is 11.9 Å². The van der Waals surface area contributed by atoms with E-state index in [1.807, 2.05) is 0 Å². The number of carbonyl (C=O) groups is 2. The van der Waals surface area contributed by atoms with Crippen LogP contribution in [0, 0.1) is 0 Å². The lowest BCUT2D eigenvalue weighted by Crippen LogP contribution is -2.39. The molecule has 10 heteroatoms. The number of amides is 1. The summed E-state index contributed by atoms with van der Waals surface area (Å²) in [6.45, 7) is 0.788. The highest BCUT2D eigenvalue weighted by Crippen LogP contribution is 2.25. The van der Waals surface area contributed by atoms with Crippen LogP contribution in [0.1, 0.15) is 12.5 Å². The van der Waals surface area contributed by atoms with Crippen LogP contribution >= 0.6 is 11.6 Å². The zero-order valence-electron chi connectivity index (χ0n) is 17.5. The van der Waals surface area contributed by atoms with Crippen LogP contribution in [0.15, 0.2) is 88.9 Å². The molecular formula is C23H20ClN3O5S. The number of hydrogen-bond donors (Lipinski definition) is 1. The molecule has 0 radical (unpaired) electrons. The molecule has 170 valence electrons. The number of ether oxygens (including phenoxy) is 1. The first-order chi connectivity index (χ1) is 15.8. The van der Waals surface area contributed by atoms with Gasteiger partial charge in [0.1, 0.15) is 12.3 Å². The van der Waals surface area contributed by atoms with E-state index in [0.717, 1.165) is 4.31 Å². The predicted octanol–water partition coefficient (Wildman–Crippen LogP) is 3.61. The molecule has 1 N–H and O–H groups in total. The van der Waals surface area contributed by atoms with Gasteiger partial charge in [-0.2, -0.15) is 5.10 Å².